The van der Waals surface area contributed by atoms with E-state index in [-0.39, 0.29) is 0 Å². The third-order valence-corrected chi connectivity index (χ3v) is 2.16. The standard InChI is InChI=1S/C7H9NO3/c9-7(10)6-4-11-3-5-1-2-8(5)6/h4-5H,1-3H2,(H,9,10). The second kappa shape index (κ2) is 2.15. The van der Waals surface area contributed by atoms with Crippen LogP contribution in [0.15, 0.2) is 12.0 Å². The lowest BCUT2D eigenvalue weighted by Gasteiger charge is -2.44. The molecule has 60 valence electrons. The van der Waals surface area contributed by atoms with Crippen LogP contribution in [0.25, 0.3) is 0 Å². The average Bonchev–Trinajstić information content (AvgIpc) is 1.90. The maximum Gasteiger partial charge on any atom is 0.355 e. The first-order valence-electron chi connectivity index (χ1n) is 3.61. The number of carbonyl (C=O) groups is 1. The molecule has 0 saturated carbocycles. The van der Waals surface area contributed by atoms with Crippen LogP contribution in [0, 0.1) is 0 Å². The van der Waals surface area contributed by atoms with Gasteiger partial charge in [0.15, 0.2) is 5.70 Å². The number of aliphatic carboxylic acids is 1. The summed E-state index contributed by atoms with van der Waals surface area (Å²) in [6.07, 6.45) is 2.38. The van der Waals surface area contributed by atoms with Gasteiger partial charge < -0.3 is 14.7 Å². The van der Waals surface area contributed by atoms with Gasteiger partial charge in [-0.3, -0.25) is 0 Å². The number of rotatable bonds is 1. The molecule has 0 bridgehead atoms. The molecule has 0 aliphatic carbocycles. The monoisotopic (exact) mass is 155 g/mol. The van der Waals surface area contributed by atoms with Crippen molar-refractivity contribution in [1.29, 1.82) is 0 Å². The Morgan fingerprint density at radius 1 is 1.82 bits per heavy atom. The van der Waals surface area contributed by atoms with Crippen molar-refractivity contribution in [2.24, 2.45) is 0 Å². The minimum Gasteiger partial charge on any atom is -0.497 e. The molecule has 11 heavy (non-hydrogen) atoms. The van der Waals surface area contributed by atoms with E-state index >= 15 is 0 Å². The topological polar surface area (TPSA) is 49.8 Å². The predicted molar refractivity (Wildman–Crippen MR) is 36.8 cm³/mol. The molecule has 0 amide bonds. The molecule has 1 N–H and O–H groups in total. The zero-order valence-electron chi connectivity index (χ0n) is 5.99. The molecule has 0 aromatic heterocycles. The van der Waals surface area contributed by atoms with Crippen molar-refractivity contribution >= 4 is 5.97 Å². The second-order valence-electron chi connectivity index (χ2n) is 2.78. The molecule has 1 saturated heterocycles. The Bertz CT molecular complexity index is 224. The molecule has 0 aromatic rings. The van der Waals surface area contributed by atoms with E-state index in [1.54, 1.807) is 0 Å². The summed E-state index contributed by atoms with van der Waals surface area (Å²) in [5, 5.41) is 8.67. The zero-order chi connectivity index (χ0) is 7.84. The lowest BCUT2D eigenvalue weighted by molar-refractivity contribution is -0.137. The predicted octanol–water partition coefficient (Wildman–Crippen LogP) is 0.0169. The minimum absolute atomic E-state index is 0.299. The molecule has 2 rings (SSSR count). The molecule has 2 heterocycles. The molecule has 1 atom stereocenters. The SMILES string of the molecule is O=C(O)C1=COCC2CCN12. The summed E-state index contributed by atoms with van der Waals surface area (Å²) in [7, 11) is 0. The van der Waals surface area contributed by atoms with Crippen molar-refractivity contribution in [2.75, 3.05) is 13.2 Å². The maximum absolute atomic E-state index is 10.6. The zero-order valence-corrected chi connectivity index (χ0v) is 5.99. The van der Waals surface area contributed by atoms with Crippen molar-refractivity contribution in [2.45, 2.75) is 12.5 Å². The maximum atomic E-state index is 10.6. The molecule has 0 spiro atoms. The highest BCUT2D eigenvalue weighted by atomic mass is 16.5. The fourth-order valence-electron chi connectivity index (χ4n) is 1.41. The highest BCUT2D eigenvalue weighted by molar-refractivity contribution is 5.86. The fourth-order valence-corrected chi connectivity index (χ4v) is 1.41. The Kier molecular flexibility index (Phi) is 1.27. The van der Waals surface area contributed by atoms with Gasteiger partial charge in [0.05, 0.1) is 6.04 Å². The number of fused-ring (bicyclic) bond motifs is 1. The van der Waals surface area contributed by atoms with E-state index in [0.29, 0.717) is 18.3 Å². The molecule has 0 radical (unpaired) electrons. The Morgan fingerprint density at radius 3 is 3.09 bits per heavy atom. The van der Waals surface area contributed by atoms with Crippen molar-refractivity contribution < 1.29 is 14.6 Å². The van der Waals surface area contributed by atoms with Gasteiger partial charge in [-0.2, -0.15) is 0 Å². The third-order valence-electron chi connectivity index (χ3n) is 2.16. The lowest BCUT2D eigenvalue weighted by Crippen LogP contribution is -2.52. The summed E-state index contributed by atoms with van der Waals surface area (Å²) >= 11 is 0. The fraction of sp³-hybridized carbons (Fsp3) is 0.571. The molecule has 1 fully saturated rings. The van der Waals surface area contributed by atoms with Crippen molar-refractivity contribution in [3.05, 3.63) is 12.0 Å². The van der Waals surface area contributed by atoms with Gasteiger partial charge in [0.1, 0.15) is 12.9 Å². The Hall–Kier alpha value is -1.19. The molecule has 4 nitrogen and oxygen atoms in total. The summed E-state index contributed by atoms with van der Waals surface area (Å²) < 4.78 is 4.99. The van der Waals surface area contributed by atoms with Gasteiger partial charge in [-0.1, -0.05) is 0 Å². The molecule has 2 aliphatic rings. The summed E-state index contributed by atoms with van der Waals surface area (Å²) in [6, 6.07) is 0.311. The van der Waals surface area contributed by atoms with Gasteiger partial charge in [0.25, 0.3) is 0 Å². The molecule has 1 unspecified atom stereocenters. The number of carboxylic acid groups (broad SMARTS) is 1. The number of hydrogen-bond donors (Lipinski definition) is 1. The van der Waals surface area contributed by atoms with Gasteiger partial charge in [0.2, 0.25) is 0 Å². The van der Waals surface area contributed by atoms with E-state index in [1.807, 2.05) is 4.90 Å². The summed E-state index contributed by atoms with van der Waals surface area (Å²) in [5.74, 6) is -0.894. The number of nitrogens with zero attached hydrogens (tertiary/aromatic N) is 1. The van der Waals surface area contributed by atoms with E-state index in [2.05, 4.69) is 0 Å². The minimum atomic E-state index is -0.894. The van der Waals surface area contributed by atoms with Crippen LogP contribution in [0.2, 0.25) is 0 Å². The van der Waals surface area contributed by atoms with Gasteiger partial charge in [-0.05, 0) is 6.42 Å². The number of ether oxygens (including phenoxy) is 1. The number of hydrogen-bond acceptors (Lipinski definition) is 3. The van der Waals surface area contributed by atoms with E-state index in [4.69, 9.17) is 9.84 Å². The lowest BCUT2D eigenvalue weighted by atomic mass is 10.0. The Labute approximate surface area is 64.1 Å². The number of carboxylic acids is 1. The molecular weight excluding hydrogens is 146 g/mol. The van der Waals surface area contributed by atoms with Crippen molar-refractivity contribution in [1.82, 2.24) is 4.90 Å². The van der Waals surface area contributed by atoms with Crippen LogP contribution in [-0.4, -0.2) is 35.2 Å². The average molecular weight is 155 g/mol. The molecule has 2 aliphatic heterocycles. The smallest absolute Gasteiger partial charge is 0.355 e. The molecular formula is C7H9NO3. The van der Waals surface area contributed by atoms with Crippen LogP contribution in [-0.2, 0) is 9.53 Å². The first kappa shape index (κ1) is 6.52. The van der Waals surface area contributed by atoms with Gasteiger partial charge >= 0.3 is 5.97 Å². The Morgan fingerprint density at radius 2 is 2.64 bits per heavy atom. The van der Waals surface area contributed by atoms with E-state index in [9.17, 15) is 4.79 Å². The summed E-state index contributed by atoms with van der Waals surface area (Å²) in [4.78, 5) is 12.4. The highest BCUT2D eigenvalue weighted by Crippen LogP contribution is 2.26. The molecule has 4 heteroatoms. The molecule has 0 aromatic carbocycles. The normalized spacial score (nSPS) is 27.8. The largest absolute Gasteiger partial charge is 0.497 e. The van der Waals surface area contributed by atoms with Gasteiger partial charge in [0, 0.05) is 6.54 Å². The van der Waals surface area contributed by atoms with Crippen LogP contribution in [0.1, 0.15) is 6.42 Å². The van der Waals surface area contributed by atoms with E-state index in [0.717, 1.165) is 13.0 Å². The van der Waals surface area contributed by atoms with Crippen LogP contribution in [0.3, 0.4) is 0 Å². The first-order chi connectivity index (χ1) is 5.29. The highest BCUT2D eigenvalue weighted by Gasteiger charge is 2.35. The van der Waals surface area contributed by atoms with Crippen LogP contribution < -0.4 is 0 Å². The second-order valence-corrected chi connectivity index (χ2v) is 2.78. The summed E-state index contributed by atoms with van der Waals surface area (Å²) in [5.41, 5.74) is 0.299. The van der Waals surface area contributed by atoms with Crippen LogP contribution >= 0.6 is 0 Å². The van der Waals surface area contributed by atoms with Crippen LogP contribution in [0.4, 0.5) is 0 Å². The van der Waals surface area contributed by atoms with E-state index in [1.165, 1.54) is 6.26 Å². The van der Waals surface area contributed by atoms with Crippen molar-refractivity contribution in [3.8, 4) is 0 Å². The van der Waals surface area contributed by atoms with Gasteiger partial charge in [-0.25, -0.2) is 4.79 Å². The quantitative estimate of drug-likeness (QED) is 0.579. The van der Waals surface area contributed by atoms with Gasteiger partial charge in [-0.15, -0.1) is 0 Å². The van der Waals surface area contributed by atoms with E-state index < -0.39 is 5.97 Å². The van der Waals surface area contributed by atoms with Crippen LogP contribution in [0.5, 0.6) is 0 Å². The first-order valence-corrected chi connectivity index (χ1v) is 3.61. The Balaban J connectivity index is 2.18. The van der Waals surface area contributed by atoms with Crippen molar-refractivity contribution in [3.63, 3.8) is 0 Å². The third kappa shape index (κ3) is 0.859. The summed E-state index contributed by atoms with van der Waals surface area (Å²) in [6.45, 7) is 1.49.